The summed E-state index contributed by atoms with van der Waals surface area (Å²) >= 11 is 0. The second-order valence-electron chi connectivity index (χ2n) is 4.16. The van der Waals surface area contributed by atoms with Gasteiger partial charge in [-0.2, -0.15) is 0 Å². The van der Waals surface area contributed by atoms with Gasteiger partial charge < -0.3 is 4.90 Å². The maximum Gasteiger partial charge on any atom is 0.0988 e. The van der Waals surface area contributed by atoms with E-state index >= 15 is 0 Å². The third-order valence-corrected chi connectivity index (χ3v) is 3.07. The molecule has 0 radical (unpaired) electrons. The summed E-state index contributed by atoms with van der Waals surface area (Å²) in [5.41, 5.74) is 0. The minimum absolute atomic E-state index is 1.08. The number of fused-ring (bicyclic) bond motifs is 1. The van der Waals surface area contributed by atoms with Gasteiger partial charge in [0.15, 0.2) is 0 Å². The van der Waals surface area contributed by atoms with Crippen molar-refractivity contribution in [3.8, 4) is 0 Å². The Morgan fingerprint density at radius 2 is 1.62 bits per heavy atom. The van der Waals surface area contributed by atoms with Gasteiger partial charge in [0, 0.05) is 26.1 Å². The van der Waals surface area contributed by atoms with Gasteiger partial charge >= 0.3 is 0 Å². The van der Waals surface area contributed by atoms with Crippen LogP contribution in [-0.2, 0) is 0 Å². The zero-order chi connectivity index (χ0) is 8.93. The molecule has 0 N–H and O–H groups in total. The van der Waals surface area contributed by atoms with Crippen LogP contribution in [0.25, 0.3) is 0 Å². The third-order valence-electron chi connectivity index (χ3n) is 3.07. The first-order valence-electron chi connectivity index (χ1n) is 5.75. The van der Waals surface area contributed by atoms with Gasteiger partial charge in [-0.05, 0) is 25.7 Å². The highest BCUT2D eigenvalue weighted by Crippen LogP contribution is 2.15. The van der Waals surface area contributed by atoms with Crippen molar-refractivity contribution in [3.05, 3.63) is 0 Å². The molecule has 2 heteroatoms. The number of rotatable bonds is 0. The zero-order valence-corrected chi connectivity index (χ0v) is 8.47. The molecule has 2 rings (SSSR count). The molecule has 0 atom stereocenters. The molecule has 2 aliphatic heterocycles. The molecule has 0 aromatic rings. The van der Waals surface area contributed by atoms with Gasteiger partial charge in [0.2, 0.25) is 0 Å². The van der Waals surface area contributed by atoms with Crippen LogP contribution in [0.1, 0.15) is 44.9 Å². The lowest BCUT2D eigenvalue weighted by Gasteiger charge is -2.30. The zero-order valence-electron chi connectivity index (χ0n) is 8.47. The minimum atomic E-state index is 1.08. The average molecular weight is 180 g/mol. The van der Waals surface area contributed by atoms with E-state index in [0.29, 0.717) is 0 Å². The van der Waals surface area contributed by atoms with Gasteiger partial charge in [-0.1, -0.05) is 12.8 Å². The molecule has 74 valence electrons. The normalized spacial score (nSPS) is 25.2. The van der Waals surface area contributed by atoms with E-state index in [4.69, 9.17) is 4.99 Å². The standard InChI is InChI=1S/C11H20N2/c1-2-5-9-13-10-6-3-7-11(13)12-8-4-1/h1-10H2. The molecule has 1 saturated heterocycles. The molecule has 1 fully saturated rings. The van der Waals surface area contributed by atoms with E-state index in [1.54, 1.807) is 0 Å². The van der Waals surface area contributed by atoms with Crippen molar-refractivity contribution in [1.29, 1.82) is 0 Å². The molecule has 0 aliphatic carbocycles. The summed E-state index contributed by atoms with van der Waals surface area (Å²) in [5.74, 6) is 1.41. The molecule has 0 bridgehead atoms. The first kappa shape index (κ1) is 9.04. The largest absolute Gasteiger partial charge is 0.360 e. The van der Waals surface area contributed by atoms with Crippen molar-refractivity contribution in [2.75, 3.05) is 19.6 Å². The average Bonchev–Trinajstić information content (AvgIpc) is 2.28. The highest BCUT2D eigenvalue weighted by atomic mass is 15.2. The Kier molecular flexibility index (Phi) is 3.22. The quantitative estimate of drug-likeness (QED) is 0.559. The lowest BCUT2D eigenvalue weighted by molar-refractivity contribution is 0.361. The fourth-order valence-electron chi connectivity index (χ4n) is 2.27. The summed E-state index contributed by atoms with van der Waals surface area (Å²) in [6.07, 6.45) is 9.43. The molecular weight excluding hydrogens is 160 g/mol. The Balaban J connectivity index is 1.99. The maximum atomic E-state index is 4.71. The van der Waals surface area contributed by atoms with Crippen LogP contribution in [0.15, 0.2) is 4.99 Å². The number of amidine groups is 1. The van der Waals surface area contributed by atoms with Crippen LogP contribution in [-0.4, -0.2) is 30.4 Å². The highest BCUT2D eigenvalue weighted by Gasteiger charge is 2.15. The van der Waals surface area contributed by atoms with E-state index in [9.17, 15) is 0 Å². The first-order valence-corrected chi connectivity index (χ1v) is 5.75. The molecule has 0 saturated carbocycles. The summed E-state index contributed by atoms with van der Waals surface area (Å²) in [7, 11) is 0. The fourth-order valence-corrected chi connectivity index (χ4v) is 2.27. The number of nitrogens with zero attached hydrogens (tertiary/aromatic N) is 2. The van der Waals surface area contributed by atoms with Crippen molar-refractivity contribution in [2.24, 2.45) is 4.99 Å². The number of hydrogen-bond donors (Lipinski definition) is 0. The molecule has 0 spiro atoms. The van der Waals surface area contributed by atoms with E-state index < -0.39 is 0 Å². The second-order valence-corrected chi connectivity index (χ2v) is 4.16. The molecule has 0 aromatic carbocycles. The van der Waals surface area contributed by atoms with Crippen molar-refractivity contribution < 1.29 is 0 Å². The van der Waals surface area contributed by atoms with E-state index in [1.807, 2.05) is 0 Å². The van der Waals surface area contributed by atoms with Gasteiger partial charge in [0.25, 0.3) is 0 Å². The molecular formula is C11H20N2. The first-order chi connectivity index (χ1) is 6.47. The Morgan fingerprint density at radius 3 is 2.54 bits per heavy atom. The summed E-state index contributed by atoms with van der Waals surface area (Å²) in [6, 6.07) is 0. The Bertz CT molecular complexity index is 187. The Labute approximate surface area is 81.0 Å². The predicted octanol–water partition coefficient (Wildman–Crippen LogP) is 2.44. The smallest absolute Gasteiger partial charge is 0.0988 e. The lowest BCUT2D eigenvalue weighted by atomic mass is 10.1. The number of piperidine rings is 1. The van der Waals surface area contributed by atoms with Crippen LogP contribution in [0.4, 0.5) is 0 Å². The summed E-state index contributed by atoms with van der Waals surface area (Å²) in [6.45, 7) is 3.60. The van der Waals surface area contributed by atoms with Crippen LogP contribution in [0.3, 0.4) is 0 Å². The van der Waals surface area contributed by atoms with E-state index in [2.05, 4.69) is 4.90 Å². The molecule has 2 nitrogen and oxygen atoms in total. The van der Waals surface area contributed by atoms with Crippen LogP contribution in [0.5, 0.6) is 0 Å². The highest BCUT2D eigenvalue weighted by molar-refractivity contribution is 5.82. The van der Waals surface area contributed by atoms with Crippen molar-refractivity contribution in [1.82, 2.24) is 4.90 Å². The lowest BCUT2D eigenvalue weighted by Crippen LogP contribution is -2.36. The number of aliphatic imine (C=N–C) groups is 1. The minimum Gasteiger partial charge on any atom is -0.360 e. The molecule has 2 aliphatic rings. The van der Waals surface area contributed by atoms with Crippen molar-refractivity contribution in [3.63, 3.8) is 0 Å². The van der Waals surface area contributed by atoms with Gasteiger partial charge in [-0.15, -0.1) is 0 Å². The Hall–Kier alpha value is -0.530. The van der Waals surface area contributed by atoms with Gasteiger partial charge in [0.05, 0.1) is 5.84 Å². The van der Waals surface area contributed by atoms with E-state index in [-0.39, 0.29) is 0 Å². The van der Waals surface area contributed by atoms with Crippen molar-refractivity contribution >= 4 is 5.84 Å². The molecule has 2 heterocycles. The summed E-state index contributed by atoms with van der Waals surface area (Å²) in [4.78, 5) is 7.23. The topological polar surface area (TPSA) is 15.6 Å². The second kappa shape index (κ2) is 4.64. The summed E-state index contributed by atoms with van der Waals surface area (Å²) < 4.78 is 0. The van der Waals surface area contributed by atoms with E-state index in [1.165, 1.54) is 63.9 Å². The van der Waals surface area contributed by atoms with Crippen LogP contribution in [0.2, 0.25) is 0 Å². The van der Waals surface area contributed by atoms with Gasteiger partial charge in [0.1, 0.15) is 0 Å². The van der Waals surface area contributed by atoms with E-state index in [0.717, 1.165) is 6.54 Å². The third kappa shape index (κ3) is 2.45. The molecule has 13 heavy (non-hydrogen) atoms. The SMILES string of the molecule is C1CCCN2CCCCC2=NCC1. The van der Waals surface area contributed by atoms with Crippen molar-refractivity contribution in [2.45, 2.75) is 44.9 Å². The van der Waals surface area contributed by atoms with Crippen LogP contribution in [0, 0.1) is 0 Å². The maximum absolute atomic E-state index is 4.71. The van der Waals surface area contributed by atoms with Crippen LogP contribution < -0.4 is 0 Å². The van der Waals surface area contributed by atoms with Gasteiger partial charge in [-0.25, -0.2) is 0 Å². The summed E-state index contributed by atoms with van der Waals surface area (Å²) in [5, 5.41) is 0. The Morgan fingerprint density at radius 1 is 0.846 bits per heavy atom. The molecule has 0 amide bonds. The fraction of sp³-hybridized carbons (Fsp3) is 0.909. The van der Waals surface area contributed by atoms with Crippen LogP contribution >= 0.6 is 0 Å². The number of hydrogen-bond acceptors (Lipinski definition) is 2. The predicted molar refractivity (Wildman–Crippen MR) is 56.2 cm³/mol. The molecule has 0 unspecified atom stereocenters. The van der Waals surface area contributed by atoms with Gasteiger partial charge in [-0.3, -0.25) is 4.99 Å². The molecule has 0 aromatic heterocycles. The monoisotopic (exact) mass is 180 g/mol.